The Bertz CT molecular complexity index is 564. The first-order valence-electron chi connectivity index (χ1n) is 7.22. The highest BCUT2D eigenvalue weighted by Crippen LogP contribution is 2.07. The van der Waals surface area contributed by atoms with E-state index >= 15 is 0 Å². The summed E-state index contributed by atoms with van der Waals surface area (Å²) in [6, 6.07) is 3.52. The zero-order valence-electron chi connectivity index (χ0n) is 12.7. The minimum atomic E-state index is -3.35. The average Bonchev–Trinajstić information content (AvgIpc) is 2.95. The average molecular weight is 330 g/mol. The van der Waals surface area contributed by atoms with Crippen LogP contribution in [0.2, 0.25) is 0 Å². The molecule has 0 bridgehead atoms. The molecule has 22 heavy (non-hydrogen) atoms. The summed E-state index contributed by atoms with van der Waals surface area (Å²) in [7, 11) is -3.35. The van der Waals surface area contributed by atoms with Gasteiger partial charge in [-0.2, -0.15) is 0 Å². The van der Waals surface area contributed by atoms with Gasteiger partial charge in [-0.1, -0.05) is 0 Å². The predicted molar refractivity (Wildman–Crippen MR) is 81.1 cm³/mol. The van der Waals surface area contributed by atoms with Gasteiger partial charge in [0.05, 0.1) is 26.0 Å². The molecule has 0 saturated carbocycles. The van der Waals surface area contributed by atoms with Crippen LogP contribution < -0.4 is 0 Å². The van der Waals surface area contributed by atoms with Crippen molar-refractivity contribution in [2.24, 2.45) is 0 Å². The fourth-order valence-corrected chi connectivity index (χ4v) is 2.92. The predicted octanol–water partition coefficient (Wildman–Crippen LogP) is -0.0150. The van der Waals surface area contributed by atoms with Crippen molar-refractivity contribution in [2.45, 2.75) is 6.54 Å². The molecule has 1 saturated heterocycles. The lowest BCUT2D eigenvalue weighted by Crippen LogP contribution is -2.44. The normalized spacial score (nSPS) is 16.6. The van der Waals surface area contributed by atoms with E-state index in [1.165, 1.54) is 11.2 Å². The smallest absolute Gasteiger partial charge is 0.238 e. The van der Waals surface area contributed by atoms with E-state index in [1.54, 1.807) is 12.1 Å². The molecule has 1 fully saturated rings. The van der Waals surface area contributed by atoms with Crippen molar-refractivity contribution in [3.05, 3.63) is 24.2 Å². The highest BCUT2D eigenvalue weighted by Gasteiger charge is 2.21. The van der Waals surface area contributed by atoms with E-state index in [1.807, 2.05) is 0 Å². The summed E-state index contributed by atoms with van der Waals surface area (Å²) in [5.74, 6) is -0.229. The van der Waals surface area contributed by atoms with Gasteiger partial charge in [0.1, 0.15) is 11.5 Å². The summed E-state index contributed by atoms with van der Waals surface area (Å²) in [6.07, 6.45) is 2.61. The van der Waals surface area contributed by atoms with Gasteiger partial charge in [0.25, 0.3) is 0 Å². The zero-order chi connectivity index (χ0) is 16.0. The van der Waals surface area contributed by atoms with Crippen LogP contribution in [0, 0.1) is 0 Å². The molecule has 1 aromatic rings. The Morgan fingerprint density at radius 2 is 2.09 bits per heavy atom. The Labute approximate surface area is 130 Å². The van der Waals surface area contributed by atoms with Gasteiger partial charge in [-0.05, 0) is 12.1 Å². The maximum Gasteiger partial charge on any atom is 0.238 e. The fraction of sp³-hybridized carbons (Fsp3) is 0.643. The van der Waals surface area contributed by atoms with Gasteiger partial charge in [0, 0.05) is 32.4 Å². The molecule has 124 valence electrons. The number of amides is 1. The minimum absolute atomic E-state index is 0.283. The number of carbonyl (C=O) groups excluding carboxylic acids is 1. The molecule has 0 aromatic carbocycles. The molecule has 2 heterocycles. The fourth-order valence-electron chi connectivity index (χ4n) is 2.29. The summed E-state index contributed by atoms with van der Waals surface area (Å²) < 4.78 is 33.3. The second kappa shape index (κ2) is 7.75. The van der Waals surface area contributed by atoms with Crippen LogP contribution in [0.3, 0.4) is 0 Å². The SMILES string of the molecule is CS(=O)(=O)CC(=O)N(CCN1CCOCC1)Cc1ccco1. The van der Waals surface area contributed by atoms with Crippen molar-refractivity contribution in [1.82, 2.24) is 9.80 Å². The third-order valence-corrected chi connectivity index (χ3v) is 4.23. The Hall–Kier alpha value is -1.38. The number of furan rings is 1. The summed E-state index contributed by atoms with van der Waals surface area (Å²) in [4.78, 5) is 16.0. The molecule has 0 N–H and O–H groups in total. The largest absolute Gasteiger partial charge is 0.467 e. The number of rotatable bonds is 7. The maximum absolute atomic E-state index is 12.2. The van der Waals surface area contributed by atoms with E-state index in [0.717, 1.165) is 19.3 Å². The zero-order valence-corrected chi connectivity index (χ0v) is 13.5. The molecule has 0 aliphatic carbocycles. The quantitative estimate of drug-likeness (QED) is 0.699. The van der Waals surface area contributed by atoms with E-state index in [4.69, 9.17) is 9.15 Å². The summed E-state index contributed by atoms with van der Waals surface area (Å²) in [5, 5.41) is 0. The van der Waals surface area contributed by atoms with Crippen molar-refractivity contribution in [3.8, 4) is 0 Å². The molecule has 1 aliphatic rings. The molecule has 7 nitrogen and oxygen atoms in total. The van der Waals surface area contributed by atoms with Crippen LogP contribution in [0.4, 0.5) is 0 Å². The first-order chi connectivity index (χ1) is 10.4. The van der Waals surface area contributed by atoms with E-state index in [2.05, 4.69) is 4.90 Å². The van der Waals surface area contributed by atoms with Crippen molar-refractivity contribution in [3.63, 3.8) is 0 Å². The maximum atomic E-state index is 12.2. The number of morpholine rings is 1. The Kier molecular flexibility index (Phi) is 5.98. The summed E-state index contributed by atoms with van der Waals surface area (Å²) in [6.45, 7) is 4.48. The van der Waals surface area contributed by atoms with Crippen LogP contribution >= 0.6 is 0 Å². The van der Waals surface area contributed by atoms with Crippen LogP contribution in [-0.2, 0) is 25.9 Å². The highest BCUT2D eigenvalue weighted by atomic mass is 32.2. The lowest BCUT2D eigenvalue weighted by Gasteiger charge is -2.29. The topological polar surface area (TPSA) is 80.1 Å². The molecule has 0 spiro atoms. The van der Waals surface area contributed by atoms with Crippen molar-refractivity contribution >= 4 is 15.7 Å². The van der Waals surface area contributed by atoms with E-state index in [9.17, 15) is 13.2 Å². The molecule has 1 aliphatic heterocycles. The molecule has 8 heteroatoms. The summed E-state index contributed by atoms with van der Waals surface area (Å²) >= 11 is 0. The molecular formula is C14H22N2O5S. The second-order valence-corrected chi connectivity index (χ2v) is 7.56. The van der Waals surface area contributed by atoms with Gasteiger partial charge >= 0.3 is 0 Å². The monoisotopic (exact) mass is 330 g/mol. The standard InChI is InChI=1S/C14H22N2O5S/c1-22(18,19)12-14(17)16(11-13-3-2-8-21-13)5-4-15-6-9-20-10-7-15/h2-3,8H,4-7,9-12H2,1H3. The van der Waals surface area contributed by atoms with Gasteiger partial charge in [0.15, 0.2) is 9.84 Å². The third-order valence-electron chi connectivity index (χ3n) is 3.46. The van der Waals surface area contributed by atoms with E-state index in [0.29, 0.717) is 32.1 Å². The molecule has 1 aromatic heterocycles. The van der Waals surface area contributed by atoms with Crippen LogP contribution in [-0.4, -0.2) is 75.5 Å². The highest BCUT2D eigenvalue weighted by molar-refractivity contribution is 7.91. The minimum Gasteiger partial charge on any atom is -0.467 e. The van der Waals surface area contributed by atoms with Gasteiger partial charge in [-0.25, -0.2) is 8.42 Å². The second-order valence-electron chi connectivity index (χ2n) is 5.42. The number of nitrogens with zero attached hydrogens (tertiary/aromatic N) is 2. The van der Waals surface area contributed by atoms with Crippen LogP contribution in [0.15, 0.2) is 22.8 Å². The molecule has 0 radical (unpaired) electrons. The van der Waals surface area contributed by atoms with E-state index < -0.39 is 21.5 Å². The number of carbonyl (C=O) groups is 1. The van der Waals surface area contributed by atoms with Gasteiger partial charge in [0.2, 0.25) is 5.91 Å². The first-order valence-corrected chi connectivity index (χ1v) is 9.28. The van der Waals surface area contributed by atoms with Gasteiger partial charge < -0.3 is 14.1 Å². The third kappa shape index (κ3) is 5.78. The Balaban J connectivity index is 1.95. The van der Waals surface area contributed by atoms with Crippen LogP contribution in [0.5, 0.6) is 0 Å². The molecule has 1 amide bonds. The lowest BCUT2D eigenvalue weighted by atomic mass is 10.3. The van der Waals surface area contributed by atoms with Crippen LogP contribution in [0.1, 0.15) is 5.76 Å². The van der Waals surface area contributed by atoms with Gasteiger partial charge in [-0.15, -0.1) is 0 Å². The Morgan fingerprint density at radius 1 is 1.36 bits per heavy atom. The van der Waals surface area contributed by atoms with Crippen molar-refractivity contribution in [1.29, 1.82) is 0 Å². The molecule has 0 atom stereocenters. The number of ether oxygens (including phenoxy) is 1. The lowest BCUT2D eigenvalue weighted by molar-refractivity contribution is -0.129. The van der Waals surface area contributed by atoms with Gasteiger partial charge in [-0.3, -0.25) is 9.69 Å². The molecule has 2 rings (SSSR count). The number of hydrogen-bond acceptors (Lipinski definition) is 6. The van der Waals surface area contributed by atoms with Crippen molar-refractivity contribution < 1.29 is 22.4 Å². The first kappa shape index (κ1) is 17.0. The number of sulfone groups is 1. The van der Waals surface area contributed by atoms with Crippen molar-refractivity contribution in [2.75, 3.05) is 51.4 Å². The Morgan fingerprint density at radius 3 is 2.68 bits per heavy atom. The molecule has 0 unspecified atom stereocenters. The summed E-state index contributed by atoms with van der Waals surface area (Å²) in [5.41, 5.74) is 0. The van der Waals surface area contributed by atoms with Crippen LogP contribution in [0.25, 0.3) is 0 Å². The number of hydrogen-bond donors (Lipinski definition) is 0. The van der Waals surface area contributed by atoms with E-state index in [-0.39, 0.29) is 6.54 Å². The molecular weight excluding hydrogens is 308 g/mol.